The molecular weight excluding hydrogens is 215 g/mol. The van der Waals surface area contributed by atoms with Crippen molar-refractivity contribution in [3.8, 4) is 0 Å². The Bertz CT molecular complexity index is 358. The summed E-state index contributed by atoms with van der Waals surface area (Å²) in [5.74, 6) is -1.34. The predicted octanol–water partition coefficient (Wildman–Crippen LogP) is -2.50. The van der Waals surface area contributed by atoms with Crippen molar-refractivity contribution in [3.05, 3.63) is 29.3 Å². The number of hydrogen-bond donors (Lipinski definition) is 1. The molecule has 0 aliphatic heterocycles. The van der Waals surface area contributed by atoms with Gasteiger partial charge in [-0.25, -0.2) is 8.78 Å². The molecule has 6 heteroatoms. The van der Waals surface area contributed by atoms with E-state index in [1.165, 1.54) is 18.2 Å². The van der Waals surface area contributed by atoms with Gasteiger partial charge in [-0.3, -0.25) is 0 Å². The van der Waals surface area contributed by atoms with Gasteiger partial charge < -0.3 is 15.6 Å². The molecule has 0 aliphatic rings. The number of carbonyl (C=O) groups excluding carboxylic acids is 1. The van der Waals surface area contributed by atoms with Crippen LogP contribution in [0.3, 0.4) is 0 Å². The van der Waals surface area contributed by atoms with E-state index >= 15 is 0 Å². The molecule has 1 aromatic rings. The number of carbonyl (C=O) groups is 1. The molecule has 0 amide bonds. The normalized spacial score (nSPS) is 9.80. The number of halogens is 2. The maximum Gasteiger partial charge on any atom is 1.00 e. The maximum atomic E-state index is 12.3. The van der Waals surface area contributed by atoms with Gasteiger partial charge in [0.05, 0.1) is 0 Å². The molecule has 0 saturated heterocycles. The van der Waals surface area contributed by atoms with Crippen LogP contribution in [0.15, 0.2) is 18.2 Å². The summed E-state index contributed by atoms with van der Waals surface area (Å²) in [6.45, 7) is 0. The Labute approximate surface area is 108 Å². The molecule has 0 aliphatic carbocycles. The third-order valence-corrected chi connectivity index (χ3v) is 1.80. The van der Waals surface area contributed by atoms with Crippen molar-refractivity contribution in [3.63, 3.8) is 0 Å². The molecule has 0 spiro atoms. The zero-order valence-electron chi connectivity index (χ0n) is 8.17. The number of hydrogen-bond acceptors (Lipinski definition) is 3. The fraction of sp³-hybridized carbons (Fsp3) is 0.222. The number of aliphatic carboxylic acids is 1. The summed E-state index contributed by atoms with van der Waals surface area (Å²) in [5.41, 5.74) is 5.00. The first-order valence-corrected chi connectivity index (χ1v) is 3.87. The number of carboxylic acid groups (broad SMARTS) is 1. The molecule has 2 N–H and O–H groups in total. The van der Waals surface area contributed by atoms with E-state index in [9.17, 15) is 18.7 Å². The van der Waals surface area contributed by atoms with Crippen molar-refractivity contribution in [2.75, 3.05) is 5.73 Å². The van der Waals surface area contributed by atoms with Gasteiger partial charge in [-0.15, -0.1) is 0 Å². The van der Waals surface area contributed by atoms with Crippen molar-refractivity contribution >= 4 is 11.7 Å². The second-order valence-electron chi connectivity index (χ2n) is 2.77. The van der Waals surface area contributed by atoms with Crippen LogP contribution in [0.4, 0.5) is 14.5 Å². The molecule has 1 rings (SSSR count). The topological polar surface area (TPSA) is 66.2 Å². The van der Waals surface area contributed by atoms with E-state index in [-0.39, 0.29) is 46.4 Å². The zero-order chi connectivity index (χ0) is 10.7. The van der Waals surface area contributed by atoms with Crippen LogP contribution in [0.5, 0.6) is 0 Å². The van der Waals surface area contributed by atoms with Crippen molar-refractivity contribution in [2.24, 2.45) is 0 Å². The monoisotopic (exact) mass is 223 g/mol. The van der Waals surface area contributed by atoms with Crippen LogP contribution in [0.25, 0.3) is 0 Å². The quantitative estimate of drug-likeness (QED) is 0.455. The van der Waals surface area contributed by atoms with Crippen molar-refractivity contribution in [1.82, 2.24) is 0 Å². The number of anilines is 1. The van der Waals surface area contributed by atoms with E-state index in [4.69, 9.17) is 5.73 Å². The van der Waals surface area contributed by atoms with Gasteiger partial charge in [-0.2, -0.15) is 0 Å². The molecule has 0 unspecified atom stereocenters. The maximum absolute atomic E-state index is 12.3. The number of para-hydroxylation sites is 1. The smallest absolute Gasteiger partial charge is 0.550 e. The molecular formula is C9H8F2NNaO2. The Morgan fingerprint density at radius 3 is 2.53 bits per heavy atom. The Morgan fingerprint density at radius 2 is 2.07 bits per heavy atom. The fourth-order valence-electron chi connectivity index (χ4n) is 1.13. The van der Waals surface area contributed by atoms with E-state index in [0.29, 0.717) is 0 Å². The van der Waals surface area contributed by atoms with Crippen LogP contribution >= 0.6 is 0 Å². The number of benzene rings is 1. The van der Waals surface area contributed by atoms with Gasteiger partial charge in [0.25, 0.3) is 6.43 Å². The molecule has 0 heterocycles. The summed E-state index contributed by atoms with van der Waals surface area (Å²) in [7, 11) is 0. The standard InChI is InChI=1S/C9H9F2NO2.Na/c10-9(11)6-3-1-2-5(8(6)12)4-7(13)14;/h1-3,9H,4,12H2,(H,13,14);/q;+1/p-1. The molecule has 0 bridgehead atoms. The number of rotatable bonds is 3. The minimum Gasteiger partial charge on any atom is -0.550 e. The Balaban J connectivity index is 0.00000196. The van der Waals surface area contributed by atoms with Crippen LogP contribution in [0.2, 0.25) is 0 Å². The van der Waals surface area contributed by atoms with E-state index in [2.05, 4.69) is 0 Å². The third-order valence-electron chi connectivity index (χ3n) is 1.80. The minimum atomic E-state index is -2.70. The second-order valence-corrected chi connectivity index (χ2v) is 2.77. The largest absolute Gasteiger partial charge is 1.00 e. The Hall–Kier alpha value is -0.650. The number of nitrogens with two attached hydrogens (primary N) is 1. The van der Waals surface area contributed by atoms with E-state index in [1.807, 2.05) is 0 Å². The molecule has 0 fully saturated rings. The minimum absolute atomic E-state index is 0. The summed E-state index contributed by atoms with van der Waals surface area (Å²) in [4.78, 5) is 10.2. The van der Waals surface area contributed by atoms with Gasteiger partial charge in [0.15, 0.2) is 0 Å². The molecule has 1 aromatic carbocycles. The van der Waals surface area contributed by atoms with Crippen molar-refractivity contribution in [1.29, 1.82) is 0 Å². The van der Waals surface area contributed by atoms with Crippen molar-refractivity contribution < 1.29 is 48.2 Å². The van der Waals surface area contributed by atoms with Gasteiger partial charge in [0, 0.05) is 23.6 Å². The Kier molecular flexibility index (Phi) is 5.79. The van der Waals surface area contributed by atoms with E-state index in [1.54, 1.807) is 0 Å². The van der Waals surface area contributed by atoms with Gasteiger partial charge in [-0.05, 0) is 5.56 Å². The van der Waals surface area contributed by atoms with Crippen LogP contribution in [-0.4, -0.2) is 5.97 Å². The van der Waals surface area contributed by atoms with E-state index in [0.717, 1.165) is 0 Å². The first kappa shape index (κ1) is 14.3. The summed E-state index contributed by atoms with van der Waals surface area (Å²) >= 11 is 0. The molecule has 0 saturated carbocycles. The van der Waals surface area contributed by atoms with Crippen LogP contribution < -0.4 is 40.4 Å². The van der Waals surface area contributed by atoms with Crippen LogP contribution in [0.1, 0.15) is 17.6 Å². The average molecular weight is 223 g/mol. The SMILES string of the molecule is Nc1c(CC(=O)[O-])cccc1C(F)F.[Na+]. The second kappa shape index (κ2) is 6.05. The van der Waals surface area contributed by atoms with E-state index < -0.39 is 18.8 Å². The molecule has 0 radical (unpaired) electrons. The van der Waals surface area contributed by atoms with Gasteiger partial charge in [-0.1, -0.05) is 18.2 Å². The third kappa shape index (κ3) is 3.77. The molecule has 0 atom stereocenters. The van der Waals surface area contributed by atoms with Gasteiger partial charge in [0.1, 0.15) is 0 Å². The van der Waals surface area contributed by atoms with Crippen LogP contribution in [0, 0.1) is 0 Å². The number of alkyl halides is 2. The fourth-order valence-corrected chi connectivity index (χ4v) is 1.13. The summed E-state index contributed by atoms with van der Waals surface area (Å²) < 4.78 is 24.6. The van der Waals surface area contributed by atoms with Crippen molar-refractivity contribution in [2.45, 2.75) is 12.8 Å². The molecule has 3 nitrogen and oxygen atoms in total. The number of nitrogen functional groups attached to an aromatic ring is 1. The first-order valence-electron chi connectivity index (χ1n) is 3.87. The average Bonchev–Trinajstić information content (AvgIpc) is 2.07. The van der Waals surface area contributed by atoms with Gasteiger partial charge in [0.2, 0.25) is 0 Å². The van der Waals surface area contributed by atoms with Crippen LogP contribution in [-0.2, 0) is 11.2 Å². The zero-order valence-corrected chi connectivity index (χ0v) is 10.2. The summed E-state index contributed by atoms with van der Waals surface area (Å²) in [6, 6.07) is 3.89. The summed E-state index contributed by atoms with van der Waals surface area (Å²) in [5, 5.41) is 10.2. The molecule has 76 valence electrons. The molecule has 15 heavy (non-hydrogen) atoms. The molecule has 0 aromatic heterocycles. The Morgan fingerprint density at radius 1 is 1.47 bits per heavy atom. The number of carboxylic acids is 1. The first-order chi connectivity index (χ1) is 6.52. The predicted molar refractivity (Wildman–Crippen MR) is 44.5 cm³/mol. The summed E-state index contributed by atoms with van der Waals surface area (Å²) in [6.07, 6.45) is -3.15. The van der Waals surface area contributed by atoms with Gasteiger partial charge >= 0.3 is 29.6 Å².